The van der Waals surface area contributed by atoms with Gasteiger partial charge in [0.1, 0.15) is 0 Å². The molecular weight excluding hydrogens is 268 g/mol. The second kappa shape index (κ2) is 6.85. The third-order valence-electron chi connectivity index (χ3n) is 3.91. The van der Waals surface area contributed by atoms with Crippen LogP contribution in [0.5, 0.6) is 0 Å². The van der Waals surface area contributed by atoms with Gasteiger partial charge in [-0.25, -0.2) is 0 Å². The molecule has 0 radical (unpaired) electrons. The van der Waals surface area contributed by atoms with E-state index >= 15 is 0 Å². The molecule has 1 atom stereocenters. The lowest BCUT2D eigenvalue weighted by Gasteiger charge is -2.32. The molecule has 1 aliphatic rings. The molecule has 108 valence electrons. The molecule has 0 aliphatic heterocycles. The average molecular weight is 291 g/mol. The van der Waals surface area contributed by atoms with E-state index in [-0.39, 0.29) is 0 Å². The molecule has 0 saturated heterocycles. The summed E-state index contributed by atoms with van der Waals surface area (Å²) in [5.41, 5.74) is 2.34. The molecule has 2 nitrogen and oxygen atoms in total. The monoisotopic (exact) mass is 290 g/mol. The van der Waals surface area contributed by atoms with Gasteiger partial charge in [0.2, 0.25) is 0 Å². The van der Waals surface area contributed by atoms with Crippen LogP contribution in [0.15, 0.2) is 48.8 Å². The highest BCUT2D eigenvalue weighted by Gasteiger charge is 2.32. The van der Waals surface area contributed by atoms with Gasteiger partial charge in [-0.05, 0) is 57.0 Å². The van der Waals surface area contributed by atoms with E-state index in [1.807, 2.05) is 25.1 Å². The highest BCUT2D eigenvalue weighted by Crippen LogP contribution is 2.37. The number of hydrogen-bond donors (Lipinski definition) is 1. The van der Waals surface area contributed by atoms with Crippen LogP contribution in [-0.2, 0) is 0 Å². The van der Waals surface area contributed by atoms with Gasteiger partial charge in [0.05, 0.1) is 6.54 Å². The molecule has 1 fully saturated rings. The Bertz CT molecular complexity index is 492. The highest BCUT2D eigenvalue weighted by atomic mass is 35.5. The van der Waals surface area contributed by atoms with E-state index in [9.17, 15) is 0 Å². The van der Waals surface area contributed by atoms with Crippen LogP contribution in [0.25, 0.3) is 0 Å². The number of nitrogens with one attached hydrogen (secondary N) is 1. The van der Waals surface area contributed by atoms with Gasteiger partial charge in [-0.1, -0.05) is 30.3 Å². The van der Waals surface area contributed by atoms with Crippen LogP contribution in [-0.4, -0.2) is 12.6 Å². The van der Waals surface area contributed by atoms with Crippen LogP contribution < -0.4 is 10.2 Å². The lowest BCUT2D eigenvalue weighted by atomic mass is 10.1. The topological polar surface area (TPSA) is 15.3 Å². The zero-order valence-corrected chi connectivity index (χ0v) is 13.0. The Morgan fingerprint density at radius 3 is 2.85 bits per heavy atom. The fourth-order valence-electron chi connectivity index (χ4n) is 2.49. The molecule has 0 spiro atoms. The minimum atomic E-state index is 0.523. The van der Waals surface area contributed by atoms with E-state index in [4.69, 9.17) is 11.6 Å². The molecule has 0 amide bonds. The van der Waals surface area contributed by atoms with Gasteiger partial charge < -0.3 is 10.2 Å². The fraction of sp³-hybridized carbons (Fsp3) is 0.412. The molecule has 0 bridgehead atoms. The molecule has 1 N–H and O–H groups in total. The molecule has 1 saturated carbocycles. The Hall–Kier alpha value is -1.41. The Morgan fingerprint density at radius 1 is 1.55 bits per heavy atom. The highest BCUT2D eigenvalue weighted by molar-refractivity contribution is 6.30. The maximum absolute atomic E-state index is 6.15. The average Bonchev–Trinajstić information content (AvgIpc) is 3.27. The molecule has 0 aromatic heterocycles. The van der Waals surface area contributed by atoms with E-state index in [0.717, 1.165) is 23.2 Å². The molecule has 20 heavy (non-hydrogen) atoms. The van der Waals surface area contributed by atoms with E-state index < -0.39 is 0 Å². The lowest BCUT2D eigenvalue weighted by Crippen LogP contribution is -2.38. The van der Waals surface area contributed by atoms with Gasteiger partial charge in [-0.3, -0.25) is 0 Å². The maximum Gasteiger partial charge on any atom is 0.0579 e. The lowest BCUT2D eigenvalue weighted by molar-refractivity contribution is 0.582. The first kappa shape index (κ1) is 15.0. The Balaban J connectivity index is 2.22. The van der Waals surface area contributed by atoms with Crippen molar-refractivity contribution in [3.05, 3.63) is 53.8 Å². The third kappa shape index (κ3) is 3.80. The predicted octanol–water partition coefficient (Wildman–Crippen LogP) is 4.58. The zero-order chi connectivity index (χ0) is 14.5. The maximum atomic E-state index is 6.15. The number of hydrogen-bond acceptors (Lipinski definition) is 2. The standard InChI is InChI=1S/C17H23ClN2/c1-4-16(19-5-2)12-20(13(3)14-9-10-14)17-8-6-7-15(18)11-17/h4-8,11,13-14,19H,2,9-10,12H2,1,3H3/b16-4-. The first-order valence-electron chi connectivity index (χ1n) is 7.20. The second-order valence-electron chi connectivity index (χ2n) is 5.35. The molecule has 1 aromatic carbocycles. The quantitative estimate of drug-likeness (QED) is 0.790. The summed E-state index contributed by atoms with van der Waals surface area (Å²) >= 11 is 6.15. The number of nitrogens with zero attached hydrogens (tertiary/aromatic N) is 1. The van der Waals surface area contributed by atoms with Crippen LogP contribution in [0.4, 0.5) is 5.69 Å². The summed E-state index contributed by atoms with van der Waals surface area (Å²) < 4.78 is 0. The van der Waals surface area contributed by atoms with Gasteiger partial charge in [-0.15, -0.1) is 0 Å². The molecule has 0 heterocycles. The Labute approximate surface area is 127 Å². The smallest absolute Gasteiger partial charge is 0.0579 e. The molecule has 3 heteroatoms. The number of halogens is 1. The second-order valence-corrected chi connectivity index (χ2v) is 5.78. The van der Waals surface area contributed by atoms with Crippen molar-refractivity contribution in [1.29, 1.82) is 0 Å². The predicted molar refractivity (Wildman–Crippen MR) is 88.1 cm³/mol. The summed E-state index contributed by atoms with van der Waals surface area (Å²) in [6.45, 7) is 8.94. The SMILES string of the molecule is C=CN/C(=C\C)CN(c1cccc(Cl)c1)C(C)C1CC1. The van der Waals surface area contributed by atoms with E-state index in [1.165, 1.54) is 18.5 Å². The largest absolute Gasteiger partial charge is 0.364 e. The van der Waals surface area contributed by atoms with Crippen molar-refractivity contribution in [3.8, 4) is 0 Å². The van der Waals surface area contributed by atoms with Crippen LogP contribution in [0.1, 0.15) is 26.7 Å². The van der Waals surface area contributed by atoms with Crippen molar-refractivity contribution in [2.24, 2.45) is 5.92 Å². The van der Waals surface area contributed by atoms with Crippen molar-refractivity contribution >= 4 is 17.3 Å². The fourth-order valence-corrected chi connectivity index (χ4v) is 2.68. The summed E-state index contributed by atoms with van der Waals surface area (Å²) in [6.07, 6.45) is 6.49. The number of rotatable bonds is 7. The van der Waals surface area contributed by atoms with Crippen molar-refractivity contribution in [2.75, 3.05) is 11.4 Å². The minimum Gasteiger partial charge on any atom is -0.364 e. The summed E-state index contributed by atoms with van der Waals surface area (Å²) in [5, 5.41) is 4.00. The van der Waals surface area contributed by atoms with Gasteiger partial charge in [0.15, 0.2) is 0 Å². The van der Waals surface area contributed by atoms with Gasteiger partial charge >= 0.3 is 0 Å². The van der Waals surface area contributed by atoms with Gasteiger partial charge in [0, 0.05) is 22.4 Å². The summed E-state index contributed by atoms with van der Waals surface area (Å²) in [5.74, 6) is 0.802. The van der Waals surface area contributed by atoms with Crippen LogP contribution in [0.3, 0.4) is 0 Å². The zero-order valence-electron chi connectivity index (χ0n) is 12.3. The normalized spacial score (nSPS) is 16.6. The van der Waals surface area contributed by atoms with E-state index in [1.54, 1.807) is 6.20 Å². The minimum absolute atomic E-state index is 0.523. The molecule has 2 rings (SSSR count). The summed E-state index contributed by atoms with van der Waals surface area (Å²) in [7, 11) is 0. The molecule has 1 unspecified atom stereocenters. The Morgan fingerprint density at radius 2 is 2.30 bits per heavy atom. The van der Waals surface area contributed by atoms with Crippen LogP contribution in [0.2, 0.25) is 5.02 Å². The van der Waals surface area contributed by atoms with Crippen molar-refractivity contribution in [1.82, 2.24) is 5.32 Å². The summed E-state index contributed by atoms with van der Waals surface area (Å²) in [6, 6.07) is 8.63. The third-order valence-corrected chi connectivity index (χ3v) is 4.15. The molecule has 1 aliphatic carbocycles. The van der Waals surface area contributed by atoms with Crippen LogP contribution in [0, 0.1) is 5.92 Å². The van der Waals surface area contributed by atoms with Crippen molar-refractivity contribution in [2.45, 2.75) is 32.7 Å². The first-order valence-corrected chi connectivity index (χ1v) is 7.58. The van der Waals surface area contributed by atoms with Gasteiger partial charge in [0.25, 0.3) is 0 Å². The first-order chi connectivity index (χ1) is 9.65. The van der Waals surface area contributed by atoms with Crippen LogP contribution >= 0.6 is 11.6 Å². The molecule has 1 aromatic rings. The van der Waals surface area contributed by atoms with E-state index in [0.29, 0.717) is 6.04 Å². The Kier molecular flexibility index (Phi) is 5.13. The number of anilines is 1. The van der Waals surface area contributed by atoms with Crippen molar-refractivity contribution < 1.29 is 0 Å². The summed E-state index contributed by atoms with van der Waals surface area (Å²) in [4.78, 5) is 2.43. The molecular formula is C17H23ClN2. The van der Waals surface area contributed by atoms with Crippen molar-refractivity contribution in [3.63, 3.8) is 0 Å². The van der Waals surface area contributed by atoms with Gasteiger partial charge in [-0.2, -0.15) is 0 Å². The van der Waals surface area contributed by atoms with E-state index in [2.05, 4.69) is 35.9 Å². The number of allylic oxidation sites excluding steroid dienone is 1. The number of benzene rings is 1.